The number of carbonyl (C=O) groups is 1. The van der Waals surface area contributed by atoms with E-state index in [9.17, 15) is 4.79 Å². The second-order valence-corrected chi connectivity index (χ2v) is 3.55. The summed E-state index contributed by atoms with van der Waals surface area (Å²) in [5.41, 5.74) is 1.44. The zero-order valence-electron chi connectivity index (χ0n) is 9.61. The number of nitrogens with zero attached hydrogens (tertiary/aromatic N) is 3. The molecule has 0 spiro atoms. The van der Waals surface area contributed by atoms with E-state index in [1.165, 1.54) is 0 Å². The molecule has 2 heterocycles. The molecule has 0 saturated carbocycles. The molecule has 1 amide bonds. The van der Waals surface area contributed by atoms with Crippen molar-refractivity contribution in [1.29, 1.82) is 0 Å². The highest BCUT2D eigenvalue weighted by Crippen LogP contribution is 2.17. The molecule has 16 heavy (non-hydrogen) atoms. The van der Waals surface area contributed by atoms with Crippen LogP contribution in [0.5, 0.6) is 0 Å². The maximum Gasteiger partial charge on any atom is 0.267 e. The van der Waals surface area contributed by atoms with E-state index in [0.29, 0.717) is 18.1 Å². The van der Waals surface area contributed by atoms with Crippen LogP contribution >= 0.6 is 0 Å². The molecule has 5 nitrogen and oxygen atoms in total. The number of aromatic nitrogens is 3. The number of amides is 1. The third kappa shape index (κ3) is 1.54. The molecule has 84 valence electrons. The van der Waals surface area contributed by atoms with E-state index in [1.54, 1.807) is 13.2 Å². The zero-order chi connectivity index (χ0) is 11.7. The van der Waals surface area contributed by atoms with Crippen LogP contribution in [0.2, 0.25) is 0 Å². The molecule has 2 rings (SSSR count). The van der Waals surface area contributed by atoms with Crippen LogP contribution in [0.3, 0.4) is 0 Å². The molecule has 0 atom stereocenters. The fraction of sp³-hybridized carbons (Fsp3) is 0.364. The van der Waals surface area contributed by atoms with Crippen LogP contribution in [-0.4, -0.2) is 27.5 Å². The molecule has 0 aromatic carbocycles. The Morgan fingerprint density at radius 3 is 2.94 bits per heavy atom. The van der Waals surface area contributed by atoms with Gasteiger partial charge in [0.05, 0.1) is 0 Å². The first kappa shape index (κ1) is 10.6. The summed E-state index contributed by atoms with van der Waals surface area (Å²) >= 11 is 0. The van der Waals surface area contributed by atoms with Crippen LogP contribution in [0.25, 0.3) is 11.0 Å². The van der Waals surface area contributed by atoms with E-state index in [4.69, 9.17) is 0 Å². The number of rotatable bonds is 2. The van der Waals surface area contributed by atoms with Gasteiger partial charge in [0, 0.05) is 25.2 Å². The number of hydrogen-bond acceptors (Lipinski definition) is 3. The van der Waals surface area contributed by atoms with Crippen molar-refractivity contribution in [2.75, 3.05) is 7.05 Å². The molecule has 0 bridgehead atoms. The Morgan fingerprint density at radius 2 is 2.31 bits per heavy atom. The highest BCUT2D eigenvalue weighted by atomic mass is 16.1. The van der Waals surface area contributed by atoms with Gasteiger partial charge in [-0.1, -0.05) is 0 Å². The molecule has 0 saturated heterocycles. The van der Waals surface area contributed by atoms with Gasteiger partial charge in [-0.25, -0.2) is 9.97 Å². The second kappa shape index (κ2) is 3.92. The molecular formula is C11H14N4O. The van der Waals surface area contributed by atoms with E-state index in [0.717, 1.165) is 11.0 Å². The van der Waals surface area contributed by atoms with Gasteiger partial charge in [-0.2, -0.15) is 0 Å². The average Bonchev–Trinajstić information content (AvgIpc) is 2.65. The van der Waals surface area contributed by atoms with Crippen LogP contribution in [0.15, 0.2) is 12.3 Å². The first-order valence-corrected chi connectivity index (χ1v) is 5.22. The van der Waals surface area contributed by atoms with Crippen molar-refractivity contribution in [1.82, 2.24) is 19.9 Å². The summed E-state index contributed by atoms with van der Waals surface area (Å²) in [4.78, 5) is 20.1. The van der Waals surface area contributed by atoms with Crippen molar-refractivity contribution >= 4 is 16.9 Å². The Hall–Kier alpha value is -1.91. The predicted molar refractivity (Wildman–Crippen MR) is 61.3 cm³/mol. The molecule has 0 aliphatic heterocycles. The molecule has 0 fully saturated rings. The van der Waals surface area contributed by atoms with Crippen LogP contribution in [0.4, 0.5) is 0 Å². The summed E-state index contributed by atoms with van der Waals surface area (Å²) in [6.07, 6.45) is 1.75. The molecule has 0 radical (unpaired) electrons. The van der Waals surface area contributed by atoms with Crippen molar-refractivity contribution < 1.29 is 4.79 Å². The lowest BCUT2D eigenvalue weighted by atomic mass is 10.3. The van der Waals surface area contributed by atoms with Crippen LogP contribution in [0.1, 0.15) is 23.2 Å². The lowest BCUT2D eigenvalue weighted by Gasteiger charge is -2.05. The molecular weight excluding hydrogens is 204 g/mol. The summed E-state index contributed by atoms with van der Waals surface area (Å²) in [7, 11) is 1.62. The van der Waals surface area contributed by atoms with Crippen LogP contribution in [0, 0.1) is 6.92 Å². The Balaban J connectivity index is 2.71. The Bertz CT molecular complexity index is 544. The fourth-order valence-electron chi connectivity index (χ4n) is 1.76. The number of fused-ring (bicyclic) bond motifs is 1. The summed E-state index contributed by atoms with van der Waals surface area (Å²) in [5.74, 6) is 0.612. The van der Waals surface area contributed by atoms with Crippen molar-refractivity contribution in [2.24, 2.45) is 0 Å². The van der Waals surface area contributed by atoms with Gasteiger partial charge in [0.15, 0.2) is 0 Å². The minimum atomic E-state index is -0.0995. The van der Waals surface area contributed by atoms with Gasteiger partial charge in [-0.15, -0.1) is 0 Å². The van der Waals surface area contributed by atoms with Crippen molar-refractivity contribution in [3.05, 3.63) is 23.8 Å². The minimum Gasteiger partial charge on any atom is -0.354 e. The normalized spacial score (nSPS) is 10.7. The maximum absolute atomic E-state index is 11.7. The highest BCUT2D eigenvalue weighted by molar-refractivity contribution is 5.97. The first-order valence-electron chi connectivity index (χ1n) is 5.22. The Labute approximate surface area is 93.5 Å². The first-order chi connectivity index (χ1) is 7.67. The molecule has 0 unspecified atom stereocenters. The van der Waals surface area contributed by atoms with Gasteiger partial charge in [0.2, 0.25) is 0 Å². The SMILES string of the molecule is CCn1c(C(=O)NC)cc2cnc(C)nc21. The van der Waals surface area contributed by atoms with Gasteiger partial charge in [0.25, 0.3) is 5.91 Å². The standard InChI is InChI=1S/C11H14N4O/c1-4-15-9(11(16)12-3)5-8-6-13-7(2)14-10(8)15/h5-6H,4H2,1-3H3,(H,12,16). The molecule has 0 aliphatic carbocycles. The van der Waals surface area contributed by atoms with Gasteiger partial charge in [-0.05, 0) is 19.9 Å². The van der Waals surface area contributed by atoms with E-state index in [1.807, 2.05) is 24.5 Å². The van der Waals surface area contributed by atoms with Crippen molar-refractivity contribution in [2.45, 2.75) is 20.4 Å². The molecule has 2 aromatic rings. The van der Waals surface area contributed by atoms with E-state index < -0.39 is 0 Å². The van der Waals surface area contributed by atoms with E-state index in [2.05, 4.69) is 15.3 Å². The monoisotopic (exact) mass is 218 g/mol. The number of carbonyl (C=O) groups excluding carboxylic acids is 1. The second-order valence-electron chi connectivity index (χ2n) is 3.55. The summed E-state index contributed by atoms with van der Waals surface area (Å²) in [6.45, 7) is 4.54. The smallest absolute Gasteiger partial charge is 0.267 e. The fourth-order valence-corrected chi connectivity index (χ4v) is 1.76. The average molecular weight is 218 g/mol. The summed E-state index contributed by atoms with van der Waals surface area (Å²) in [6, 6.07) is 1.82. The van der Waals surface area contributed by atoms with Gasteiger partial charge in [0.1, 0.15) is 17.2 Å². The summed E-state index contributed by atoms with van der Waals surface area (Å²) < 4.78 is 1.89. The number of hydrogen-bond donors (Lipinski definition) is 1. The number of nitrogens with one attached hydrogen (secondary N) is 1. The van der Waals surface area contributed by atoms with Crippen molar-refractivity contribution in [3.63, 3.8) is 0 Å². The quantitative estimate of drug-likeness (QED) is 0.821. The molecule has 2 aromatic heterocycles. The minimum absolute atomic E-state index is 0.0995. The van der Waals surface area contributed by atoms with Gasteiger partial charge >= 0.3 is 0 Å². The van der Waals surface area contributed by atoms with Crippen LogP contribution in [-0.2, 0) is 6.54 Å². The lowest BCUT2D eigenvalue weighted by Crippen LogP contribution is -2.21. The van der Waals surface area contributed by atoms with E-state index >= 15 is 0 Å². The van der Waals surface area contributed by atoms with E-state index in [-0.39, 0.29) is 5.91 Å². The molecule has 1 N–H and O–H groups in total. The Morgan fingerprint density at radius 1 is 1.56 bits per heavy atom. The number of aryl methyl sites for hydroxylation is 2. The third-order valence-corrected chi connectivity index (χ3v) is 2.53. The van der Waals surface area contributed by atoms with Crippen molar-refractivity contribution in [3.8, 4) is 0 Å². The predicted octanol–water partition coefficient (Wildman–Crippen LogP) is 1.12. The van der Waals surface area contributed by atoms with Crippen LogP contribution < -0.4 is 5.32 Å². The third-order valence-electron chi connectivity index (χ3n) is 2.53. The largest absolute Gasteiger partial charge is 0.354 e. The maximum atomic E-state index is 11.7. The summed E-state index contributed by atoms with van der Waals surface area (Å²) in [5, 5.41) is 3.52. The topological polar surface area (TPSA) is 59.8 Å². The molecule has 0 aliphatic rings. The lowest BCUT2D eigenvalue weighted by molar-refractivity contribution is 0.0954. The van der Waals surface area contributed by atoms with Gasteiger partial charge < -0.3 is 9.88 Å². The Kier molecular flexibility index (Phi) is 2.60. The highest BCUT2D eigenvalue weighted by Gasteiger charge is 2.14. The molecule has 5 heteroatoms. The van der Waals surface area contributed by atoms with Gasteiger partial charge in [-0.3, -0.25) is 4.79 Å². The zero-order valence-corrected chi connectivity index (χ0v) is 9.61.